The number of nitrogens with one attached hydrogen (secondary N) is 1. The normalized spacial score (nSPS) is 10.6. The van der Waals surface area contributed by atoms with Gasteiger partial charge in [-0.15, -0.1) is 0 Å². The highest BCUT2D eigenvalue weighted by molar-refractivity contribution is 9.10. The molecule has 2 heterocycles. The molecule has 0 aliphatic rings. The largest absolute Gasteiger partial charge is 0.354 e. The molecule has 2 aromatic heterocycles. The minimum atomic E-state index is -0.257. The van der Waals surface area contributed by atoms with Gasteiger partial charge < -0.3 is 5.32 Å². The molecule has 0 amide bonds. The van der Waals surface area contributed by atoms with E-state index in [2.05, 4.69) is 31.2 Å². The second kappa shape index (κ2) is 4.93. The van der Waals surface area contributed by atoms with E-state index in [4.69, 9.17) is 0 Å². The molecule has 3 nitrogen and oxygen atoms in total. The predicted octanol–water partition coefficient (Wildman–Crippen LogP) is 4.28. The van der Waals surface area contributed by atoms with Gasteiger partial charge in [0.15, 0.2) is 0 Å². The molecular weight excluding hydrogens is 309 g/mol. The fourth-order valence-electron chi connectivity index (χ4n) is 1.80. The van der Waals surface area contributed by atoms with Crippen LogP contribution < -0.4 is 5.32 Å². The second-order valence-corrected chi connectivity index (χ2v) is 4.93. The van der Waals surface area contributed by atoms with Gasteiger partial charge in [0.05, 0.1) is 11.2 Å². The lowest BCUT2D eigenvalue weighted by Crippen LogP contribution is -1.94. The van der Waals surface area contributed by atoms with Crippen LogP contribution in [0.4, 0.5) is 15.8 Å². The van der Waals surface area contributed by atoms with Crippen molar-refractivity contribution in [3.8, 4) is 0 Å². The third-order valence-electron chi connectivity index (χ3n) is 2.67. The summed E-state index contributed by atoms with van der Waals surface area (Å²) in [6, 6.07) is 9.93. The highest BCUT2D eigenvalue weighted by Crippen LogP contribution is 2.25. The smallest absolute Gasteiger partial charge is 0.123 e. The lowest BCUT2D eigenvalue weighted by Gasteiger charge is -2.08. The number of fused-ring (bicyclic) bond motifs is 1. The maximum Gasteiger partial charge on any atom is 0.123 e. The monoisotopic (exact) mass is 317 g/mol. The lowest BCUT2D eigenvalue weighted by molar-refractivity contribution is 0.628. The molecule has 0 saturated heterocycles. The molecule has 1 aromatic carbocycles. The van der Waals surface area contributed by atoms with Crippen molar-refractivity contribution in [2.24, 2.45) is 0 Å². The van der Waals surface area contributed by atoms with Crippen LogP contribution in [0.25, 0.3) is 11.0 Å². The van der Waals surface area contributed by atoms with Crippen LogP contribution in [0.1, 0.15) is 0 Å². The molecule has 0 fully saturated rings. The molecule has 0 spiro atoms. The van der Waals surface area contributed by atoms with Crippen LogP contribution in [-0.4, -0.2) is 9.97 Å². The number of hydrogen-bond acceptors (Lipinski definition) is 3. The Labute approximate surface area is 117 Å². The summed E-state index contributed by atoms with van der Waals surface area (Å²) < 4.78 is 13.7. The van der Waals surface area contributed by atoms with Crippen molar-refractivity contribution < 1.29 is 4.39 Å². The highest BCUT2D eigenvalue weighted by atomic mass is 79.9. The van der Waals surface area contributed by atoms with Crippen LogP contribution in [-0.2, 0) is 0 Å². The maximum atomic E-state index is 12.9. The Hall–Kier alpha value is -2.01. The summed E-state index contributed by atoms with van der Waals surface area (Å²) in [5.74, 6) is -0.257. The molecule has 0 aliphatic heterocycles. The minimum Gasteiger partial charge on any atom is -0.354 e. The van der Waals surface area contributed by atoms with Gasteiger partial charge in [-0.2, -0.15) is 0 Å². The van der Waals surface area contributed by atoms with Crippen molar-refractivity contribution >= 4 is 38.3 Å². The van der Waals surface area contributed by atoms with Crippen LogP contribution in [0.5, 0.6) is 0 Å². The van der Waals surface area contributed by atoms with Crippen LogP contribution in [0.15, 0.2) is 53.3 Å². The molecule has 3 aromatic rings. The van der Waals surface area contributed by atoms with Crippen molar-refractivity contribution in [2.45, 2.75) is 0 Å². The Morgan fingerprint density at radius 2 is 1.84 bits per heavy atom. The molecule has 3 rings (SSSR count). The van der Waals surface area contributed by atoms with Gasteiger partial charge >= 0.3 is 0 Å². The zero-order valence-corrected chi connectivity index (χ0v) is 11.4. The van der Waals surface area contributed by atoms with Crippen molar-refractivity contribution in [2.75, 3.05) is 5.32 Å². The van der Waals surface area contributed by atoms with Gasteiger partial charge in [0.25, 0.3) is 0 Å². The Bertz CT molecular complexity index is 728. The first-order chi connectivity index (χ1) is 9.22. The van der Waals surface area contributed by atoms with E-state index < -0.39 is 0 Å². The average Bonchev–Trinajstić information content (AvgIpc) is 2.41. The first kappa shape index (κ1) is 12.0. The maximum absolute atomic E-state index is 12.9. The molecule has 0 radical (unpaired) electrons. The standard InChI is InChI=1S/C14H9BrFN3/c15-9-7-13-14(18-8-9)12(5-6-17-13)19-11-3-1-10(16)2-4-11/h1-8H,(H,17,19). The van der Waals surface area contributed by atoms with Crippen LogP contribution >= 0.6 is 15.9 Å². The van der Waals surface area contributed by atoms with Crippen molar-refractivity contribution in [3.05, 3.63) is 59.1 Å². The predicted molar refractivity (Wildman–Crippen MR) is 76.9 cm³/mol. The van der Waals surface area contributed by atoms with Crippen LogP contribution in [0.3, 0.4) is 0 Å². The van der Waals surface area contributed by atoms with Crippen LogP contribution in [0.2, 0.25) is 0 Å². The number of pyridine rings is 2. The average molecular weight is 318 g/mol. The third kappa shape index (κ3) is 2.56. The van der Waals surface area contributed by atoms with Gasteiger partial charge in [-0.05, 0) is 52.3 Å². The molecule has 0 atom stereocenters. The zero-order chi connectivity index (χ0) is 13.2. The summed E-state index contributed by atoms with van der Waals surface area (Å²) in [7, 11) is 0. The Morgan fingerprint density at radius 1 is 1.05 bits per heavy atom. The fraction of sp³-hybridized carbons (Fsp3) is 0. The summed E-state index contributed by atoms with van der Waals surface area (Å²) in [5, 5.41) is 3.21. The minimum absolute atomic E-state index is 0.257. The fourth-order valence-corrected chi connectivity index (χ4v) is 2.11. The summed E-state index contributed by atoms with van der Waals surface area (Å²) in [6.45, 7) is 0. The molecule has 1 N–H and O–H groups in total. The molecule has 5 heteroatoms. The van der Waals surface area contributed by atoms with Gasteiger partial charge in [-0.1, -0.05) is 0 Å². The second-order valence-electron chi connectivity index (χ2n) is 4.01. The van der Waals surface area contributed by atoms with E-state index in [1.54, 1.807) is 24.5 Å². The number of hydrogen-bond donors (Lipinski definition) is 1. The summed E-state index contributed by atoms with van der Waals surface area (Å²) in [5.41, 5.74) is 3.21. The molecule has 0 bridgehead atoms. The molecule has 0 saturated carbocycles. The SMILES string of the molecule is Fc1ccc(Nc2ccnc3cc(Br)cnc23)cc1. The number of aromatic nitrogens is 2. The molecular formula is C14H9BrFN3. The number of rotatable bonds is 2. The summed E-state index contributed by atoms with van der Waals surface area (Å²) in [6.07, 6.45) is 3.43. The van der Waals surface area contributed by atoms with E-state index in [9.17, 15) is 4.39 Å². The van der Waals surface area contributed by atoms with E-state index in [-0.39, 0.29) is 5.82 Å². The summed E-state index contributed by atoms with van der Waals surface area (Å²) >= 11 is 3.37. The van der Waals surface area contributed by atoms with Gasteiger partial charge in [0, 0.05) is 22.6 Å². The van der Waals surface area contributed by atoms with Gasteiger partial charge in [0.1, 0.15) is 11.3 Å². The third-order valence-corrected chi connectivity index (χ3v) is 3.10. The Kier molecular flexibility index (Phi) is 3.13. The van der Waals surface area contributed by atoms with Crippen molar-refractivity contribution in [3.63, 3.8) is 0 Å². The number of anilines is 2. The topological polar surface area (TPSA) is 37.8 Å². The van der Waals surface area contributed by atoms with Gasteiger partial charge in [0.2, 0.25) is 0 Å². The van der Waals surface area contributed by atoms with Crippen LogP contribution in [0, 0.1) is 5.82 Å². The Morgan fingerprint density at radius 3 is 2.63 bits per heavy atom. The van der Waals surface area contributed by atoms with E-state index in [0.717, 1.165) is 26.9 Å². The molecule has 19 heavy (non-hydrogen) atoms. The first-order valence-corrected chi connectivity index (χ1v) is 6.44. The van der Waals surface area contributed by atoms with E-state index in [1.807, 2.05) is 12.1 Å². The Balaban J connectivity index is 2.03. The number of benzene rings is 1. The van der Waals surface area contributed by atoms with E-state index >= 15 is 0 Å². The number of nitrogens with zero attached hydrogens (tertiary/aromatic N) is 2. The molecule has 0 aliphatic carbocycles. The van der Waals surface area contributed by atoms with E-state index in [0.29, 0.717) is 0 Å². The molecule has 94 valence electrons. The zero-order valence-electron chi connectivity index (χ0n) is 9.77. The van der Waals surface area contributed by atoms with Gasteiger partial charge in [-0.25, -0.2) is 4.39 Å². The first-order valence-electron chi connectivity index (χ1n) is 5.65. The van der Waals surface area contributed by atoms with Crippen molar-refractivity contribution in [1.82, 2.24) is 9.97 Å². The highest BCUT2D eigenvalue weighted by Gasteiger charge is 2.04. The summed E-state index contributed by atoms with van der Waals surface area (Å²) in [4.78, 5) is 8.61. The lowest BCUT2D eigenvalue weighted by atomic mass is 10.2. The quantitative estimate of drug-likeness (QED) is 0.766. The number of halogens is 2. The van der Waals surface area contributed by atoms with Gasteiger partial charge in [-0.3, -0.25) is 9.97 Å². The molecule has 0 unspecified atom stereocenters. The van der Waals surface area contributed by atoms with E-state index in [1.165, 1.54) is 12.1 Å². The van der Waals surface area contributed by atoms with Crippen molar-refractivity contribution in [1.29, 1.82) is 0 Å².